The SMILES string of the molecule is CCCOc1ccc(/C=C2\C(=O)NN(c3ccccc3)C2=O)c(OCCN2CCOCC2)c1C. The minimum Gasteiger partial charge on any atom is -0.493 e. The number of carbonyl (C=O) groups excluding carboxylic acids is 2. The van der Waals surface area contributed by atoms with Crippen molar-refractivity contribution in [2.45, 2.75) is 20.3 Å². The Bertz CT molecular complexity index is 1050. The molecule has 0 unspecified atom stereocenters. The quantitative estimate of drug-likeness (QED) is 0.453. The van der Waals surface area contributed by atoms with Gasteiger partial charge in [-0.1, -0.05) is 25.1 Å². The molecule has 2 aromatic rings. The van der Waals surface area contributed by atoms with Crippen molar-refractivity contribution in [2.24, 2.45) is 0 Å². The topological polar surface area (TPSA) is 80.3 Å². The van der Waals surface area contributed by atoms with E-state index in [0.717, 1.165) is 50.6 Å². The van der Waals surface area contributed by atoms with Crippen LogP contribution in [0.25, 0.3) is 6.08 Å². The number of benzene rings is 2. The van der Waals surface area contributed by atoms with Crippen LogP contribution in [0.15, 0.2) is 48.0 Å². The predicted octanol–water partition coefficient (Wildman–Crippen LogP) is 2.96. The third-order valence-electron chi connectivity index (χ3n) is 5.81. The molecular formula is C26H31N3O5. The number of hydrogen-bond donors (Lipinski definition) is 1. The van der Waals surface area contributed by atoms with Gasteiger partial charge in [0, 0.05) is 30.8 Å². The van der Waals surface area contributed by atoms with Crippen LogP contribution >= 0.6 is 0 Å². The van der Waals surface area contributed by atoms with Gasteiger partial charge in [0.15, 0.2) is 0 Å². The first-order chi connectivity index (χ1) is 16.6. The van der Waals surface area contributed by atoms with Crippen molar-refractivity contribution in [3.8, 4) is 11.5 Å². The van der Waals surface area contributed by atoms with Crippen LogP contribution in [0.5, 0.6) is 11.5 Å². The molecule has 0 spiro atoms. The molecular weight excluding hydrogens is 434 g/mol. The van der Waals surface area contributed by atoms with E-state index in [9.17, 15) is 9.59 Å². The van der Waals surface area contributed by atoms with Gasteiger partial charge in [-0.05, 0) is 43.7 Å². The molecule has 8 heteroatoms. The molecule has 0 atom stereocenters. The van der Waals surface area contributed by atoms with Gasteiger partial charge in [-0.25, -0.2) is 5.01 Å². The maximum Gasteiger partial charge on any atom is 0.282 e. The van der Waals surface area contributed by atoms with E-state index in [1.165, 1.54) is 5.01 Å². The van der Waals surface area contributed by atoms with Crippen molar-refractivity contribution in [1.29, 1.82) is 0 Å². The summed E-state index contributed by atoms with van der Waals surface area (Å²) in [5.41, 5.74) is 4.81. The summed E-state index contributed by atoms with van der Waals surface area (Å²) in [6.45, 7) is 9.04. The van der Waals surface area contributed by atoms with Crippen LogP contribution in [0.2, 0.25) is 0 Å². The Balaban J connectivity index is 1.59. The summed E-state index contributed by atoms with van der Waals surface area (Å²) in [5.74, 6) is 0.503. The molecule has 2 fully saturated rings. The van der Waals surface area contributed by atoms with Crippen LogP contribution in [0, 0.1) is 6.92 Å². The first-order valence-electron chi connectivity index (χ1n) is 11.7. The lowest BCUT2D eigenvalue weighted by Gasteiger charge is -2.26. The zero-order valence-corrected chi connectivity index (χ0v) is 19.7. The Morgan fingerprint density at radius 1 is 1.03 bits per heavy atom. The van der Waals surface area contributed by atoms with Crippen molar-refractivity contribution in [1.82, 2.24) is 10.3 Å². The van der Waals surface area contributed by atoms with Gasteiger partial charge in [-0.2, -0.15) is 0 Å². The van der Waals surface area contributed by atoms with E-state index < -0.39 is 11.8 Å². The Labute approximate surface area is 200 Å². The summed E-state index contributed by atoms with van der Waals surface area (Å²) in [4.78, 5) is 28.0. The van der Waals surface area contributed by atoms with E-state index in [1.54, 1.807) is 18.2 Å². The Hall–Kier alpha value is -3.36. The second-order valence-electron chi connectivity index (χ2n) is 8.23. The average Bonchev–Trinajstić information content (AvgIpc) is 3.14. The highest BCUT2D eigenvalue weighted by Gasteiger charge is 2.34. The van der Waals surface area contributed by atoms with Crippen molar-refractivity contribution < 1.29 is 23.8 Å². The standard InChI is InChI=1S/C26H31N3O5/c1-3-14-33-23-10-9-20(24(19(23)2)34-17-13-28-11-15-32-16-12-28)18-22-25(30)27-29(26(22)31)21-7-5-4-6-8-21/h4-10,18H,3,11-17H2,1-2H3,(H,27,30)/b22-18+. The molecule has 0 aliphatic carbocycles. The van der Waals surface area contributed by atoms with Crippen LogP contribution in [0.1, 0.15) is 24.5 Å². The van der Waals surface area contributed by atoms with E-state index in [4.69, 9.17) is 14.2 Å². The fraction of sp³-hybridized carbons (Fsp3) is 0.385. The van der Waals surface area contributed by atoms with Gasteiger partial charge in [0.1, 0.15) is 23.7 Å². The number of amides is 2. The molecule has 2 aromatic carbocycles. The van der Waals surface area contributed by atoms with E-state index in [-0.39, 0.29) is 5.57 Å². The van der Waals surface area contributed by atoms with Gasteiger partial charge >= 0.3 is 0 Å². The maximum absolute atomic E-state index is 13.0. The molecule has 2 amide bonds. The molecule has 4 rings (SSSR count). The molecule has 0 bridgehead atoms. The normalized spacial score (nSPS) is 17.8. The molecule has 2 saturated heterocycles. The molecule has 34 heavy (non-hydrogen) atoms. The summed E-state index contributed by atoms with van der Waals surface area (Å²) in [7, 11) is 0. The summed E-state index contributed by atoms with van der Waals surface area (Å²) < 4.78 is 17.5. The van der Waals surface area contributed by atoms with Gasteiger partial charge in [0.05, 0.1) is 25.5 Å². The van der Waals surface area contributed by atoms with Crippen LogP contribution in [-0.4, -0.2) is 62.8 Å². The summed E-state index contributed by atoms with van der Waals surface area (Å²) in [6.07, 6.45) is 2.49. The van der Waals surface area contributed by atoms with Crippen LogP contribution in [0.3, 0.4) is 0 Å². The summed E-state index contributed by atoms with van der Waals surface area (Å²) >= 11 is 0. The molecule has 0 radical (unpaired) electrons. The number of ether oxygens (including phenoxy) is 3. The summed E-state index contributed by atoms with van der Waals surface area (Å²) in [5, 5.41) is 1.26. The first-order valence-corrected chi connectivity index (χ1v) is 11.7. The molecule has 8 nitrogen and oxygen atoms in total. The fourth-order valence-electron chi connectivity index (χ4n) is 3.94. The molecule has 1 N–H and O–H groups in total. The predicted molar refractivity (Wildman–Crippen MR) is 130 cm³/mol. The van der Waals surface area contributed by atoms with Crippen LogP contribution in [0.4, 0.5) is 5.69 Å². The number of anilines is 1. The Morgan fingerprint density at radius 2 is 1.79 bits per heavy atom. The fourth-order valence-corrected chi connectivity index (χ4v) is 3.94. The Kier molecular flexibility index (Phi) is 7.82. The largest absolute Gasteiger partial charge is 0.493 e. The lowest BCUT2D eigenvalue weighted by molar-refractivity contribution is -0.117. The van der Waals surface area contributed by atoms with Gasteiger partial charge in [0.2, 0.25) is 0 Å². The number of rotatable bonds is 9. The second-order valence-corrected chi connectivity index (χ2v) is 8.23. The molecule has 0 aromatic heterocycles. The number of morpholine rings is 1. The average molecular weight is 466 g/mol. The molecule has 0 saturated carbocycles. The molecule has 180 valence electrons. The zero-order chi connectivity index (χ0) is 23.9. The third-order valence-corrected chi connectivity index (χ3v) is 5.81. The highest BCUT2D eigenvalue weighted by molar-refractivity contribution is 6.31. The van der Waals surface area contributed by atoms with Crippen molar-refractivity contribution >= 4 is 23.6 Å². The van der Waals surface area contributed by atoms with E-state index >= 15 is 0 Å². The van der Waals surface area contributed by atoms with Crippen molar-refractivity contribution in [3.05, 3.63) is 59.2 Å². The molecule has 2 aliphatic heterocycles. The van der Waals surface area contributed by atoms with Gasteiger partial charge < -0.3 is 14.2 Å². The van der Waals surface area contributed by atoms with E-state index in [2.05, 4.69) is 17.2 Å². The zero-order valence-electron chi connectivity index (χ0n) is 19.7. The molecule has 2 aliphatic rings. The van der Waals surface area contributed by atoms with E-state index in [1.807, 2.05) is 37.3 Å². The first kappa shape index (κ1) is 23.8. The van der Waals surface area contributed by atoms with Gasteiger partial charge in [-0.3, -0.25) is 19.9 Å². The second kappa shape index (κ2) is 11.2. The number of hydrazine groups is 1. The van der Waals surface area contributed by atoms with Gasteiger partial charge in [-0.15, -0.1) is 0 Å². The summed E-state index contributed by atoms with van der Waals surface area (Å²) in [6, 6.07) is 12.7. The molecule has 2 heterocycles. The number of para-hydroxylation sites is 1. The van der Waals surface area contributed by atoms with Crippen LogP contribution in [-0.2, 0) is 14.3 Å². The third kappa shape index (κ3) is 5.40. The van der Waals surface area contributed by atoms with E-state index in [0.29, 0.717) is 30.2 Å². The number of nitrogens with zero attached hydrogens (tertiary/aromatic N) is 2. The van der Waals surface area contributed by atoms with Crippen LogP contribution < -0.4 is 19.9 Å². The lowest BCUT2D eigenvalue weighted by atomic mass is 10.0. The van der Waals surface area contributed by atoms with Crippen molar-refractivity contribution in [3.63, 3.8) is 0 Å². The van der Waals surface area contributed by atoms with Gasteiger partial charge in [0.25, 0.3) is 11.8 Å². The number of nitrogens with one attached hydrogen (secondary N) is 1. The number of hydrogen-bond acceptors (Lipinski definition) is 6. The smallest absolute Gasteiger partial charge is 0.282 e. The van der Waals surface area contributed by atoms with Crippen molar-refractivity contribution in [2.75, 3.05) is 51.1 Å². The monoisotopic (exact) mass is 465 g/mol. The minimum absolute atomic E-state index is 0.0588. The number of carbonyl (C=O) groups is 2. The highest BCUT2D eigenvalue weighted by atomic mass is 16.5. The highest BCUT2D eigenvalue weighted by Crippen LogP contribution is 2.34. The Morgan fingerprint density at radius 3 is 2.53 bits per heavy atom. The minimum atomic E-state index is -0.447. The lowest BCUT2D eigenvalue weighted by Crippen LogP contribution is -2.38. The maximum atomic E-state index is 13.0.